The van der Waals surface area contributed by atoms with Crippen molar-refractivity contribution in [2.75, 3.05) is 0 Å². The molecule has 0 aromatic heterocycles. The van der Waals surface area contributed by atoms with Gasteiger partial charge in [0, 0.05) is 23.6 Å². The third-order valence-corrected chi connectivity index (χ3v) is 4.43. The minimum absolute atomic E-state index is 0.0130. The van der Waals surface area contributed by atoms with Crippen LogP contribution in [0, 0.1) is 12.8 Å². The summed E-state index contributed by atoms with van der Waals surface area (Å²) in [5.41, 5.74) is 2.19. The van der Waals surface area contributed by atoms with Crippen LogP contribution in [-0.4, -0.2) is 18.1 Å². The molecule has 1 fully saturated rings. The number of amides is 1. The molecule has 0 unspecified atom stereocenters. The van der Waals surface area contributed by atoms with E-state index in [1.54, 1.807) is 6.92 Å². The third-order valence-electron chi connectivity index (χ3n) is 4.10. The van der Waals surface area contributed by atoms with E-state index in [4.69, 9.17) is 16.3 Å². The molecule has 1 aliphatic rings. The molecular formula is C17H24ClNO2. The van der Waals surface area contributed by atoms with Crippen LogP contribution in [0.4, 0.5) is 0 Å². The van der Waals surface area contributed by atoms with Gasteiger partial charge in [-0.05, 0) is 37.3 Å². The molecule has 1 amide bonds. The molecule has 0 radical (unpaired) electrons. The van der Waals surface area contributed by atoms with Crippen LogP contribution in [0.15, 0.2) is 18.2 Å². The summed E-state index contributed by atoms with van der Waals surface area (Å²) in [4.78, 5) is 11.4. The standard InChI is InChI=1S/C17H24ClNO2/c1-10(2)15-8-13(19-12(4)20)9-16(21-15)17-11(3)6-5-7-14(17)18/h5-7,10,13,15-16H,8-9H2,1-4H3,(H,19,20)/t13-,15-,16+/m1/s1. The predicted molar refractivity (Wildman–Crippen MR) is 85.5 cm³/mol. The molecule has 0 aliphatic carbocycles. The highest BCUT2D eigenvalue weighted by molar-refractivity contribution is 6.31. The van der Waals surface area contributed by atoms with E-state index in [0.717, 1.165) is 29.0 Å². The average molecular weight is 310 g/mol. The van der Waals surface area contributed by atoms with Gasteiger partial charge in [0.15, 0.2) is 0 Å². The number of ether oxygens (including phenoxy) is 1. The van der Waals surface area contributed by atoms with Gasteiger partial charge in [-0.25, -0.2) is 0 Å². The summed E-state index contributed by atoms with van der Waals surface area (Å²) in [6.45, 7) is 7.92. The lowest BCUT2D eigenvalue weighted by molar-refractivity contribution is -0.123. The Kier molecular flexibility index (Phi) is 5.28. The molecular weight excluding hydrogens is 286 g/mol. The lowest BCUT2D eigenvalue weighted by Gasteiger charge is -2.38. The van der Waals surface area contributed by atoms with Gasteiger partial charge in [-0.15, -0.1) is 0 Å². The Balaban J connectivity index is 2.27. The molecule has 4 heteroatoms. The van der Waals surface area contributed by atoms with E-state index < -0.39 is 0 Å². The maximum atomic E-state index is 11.4. The van der Waals surface area contributed by atoms with Crippen molar-refractivity contribution in [3.63, 3.8) is 0 Å². The minimum atomic E-state index is -0.0586. The lowest BCUT2D eigenvalue weighted by Crippen LogP contribution is -2.43. The molecule has 1 saturated heterocycles. The van der Waals surface area contributed by atoms with Crippen LogP contribution in [0.3, 0.4) is 0 Å². The monoisotopic (exact) mass is 309 g/mol. The number of halogens is 1. The quantitative estimate of drug-likeness (QED) is 0.915. The van der Waals surface area contributed by atoms with Crippen molar-refractivity contribution in [1.29, 1.82) is 0 Å². The first kappa shape index (κ1) is 16.3. The number of nitrogens with one attached hydrogen (secondary N) is 1. The molecule has 21 heavy (non-hydrogen) atoms. The number of carbonyl (C=O) groups is 1. The van der Waals surface area contributed by atoms with Crippen molar-refractivity contribution in [2.45, 2.75) is 58.8 Å². The maximum absolute atomic E-state index is 11.4. The smallest absolute Gasteiger partial charge is 0.217 e. The van der Waals surface area contributed by atoms with Gasteiger partial charge in [-0.2, -0.15) is 0 Å². The zero-order valence-electron chi connectivity index (χ0n) is 13.2. The van der Waals surface area contributed by atoms with Crippen molar-refractivity contribution >= 4 is 17.5 Å². The highest BCUT2D eigenvalue weighted by Gasteiger charge is 2.33. The molecule has 0 bridgehead atoms. The highest BCUT2D eigenvalue weighted by atomic mass is 35.5. The van der Waals surface area contributed by atoms with E-state index in [2.05, 4.69) is 32.2 Å². The van der Waals surface area contributed by atoms with Crippen molar-refractivity contribution < 1.29 is 9.53 Å². The van der Waals surface area contributed by atoms with Gasteiger partial charge in [0.05, 0.1) is 12.2 Å². The second kappa shape index (κ2) is 6.80. The largest absolute Gasteiger partial charge is 0.370 e. The molecule has 3 atom stereocenters. The topological polar surface area (TPSA) is 38.3 Å². The Bertz CT molecular complexity index is 495. The van der Waals surface area contributed by atoms with Crippen LogP contribution in [0.1, 0.15) is 50.8 Å². The van der Waals surface area contributed by atoms with Crippen LogP contribution in [0.25, 0.3) is 0 Å². The Morgan fingerprint density at radius 1 is 1.38 bits per heavy atom. The third kappa shape index (κ3) is 3.98. The highest BCUT2D eigenvalue weighted by Crippen LogP contribution is 2.38. The molecule has 0 spiro atoms. The van der Waals surface area contributed by atoms with E-state index >= 15 is 0 Å². The molecule has 0 saturated carbocycles. The molecule has 116 valence electrons. The van der Waals surface area contributed by atoms with E-state index in [1.807, 2.05) is 12.1 Å². The number of hydrogen-bond donors (Lipinski definition) is 1. The van der Waals surface area contributed by atoms with Gasteiger partial charge < -0.3 is 10.1 Å². The Morgan fingerprint density at radius 2 is 2.10 bits per heavy atom. The van der Waals surface area contributed by atoms with Gasteiger partial charge in [-0.1, -0.05) is 37.6 Å². The van der Waals surface area contributed by atoms with Crippen molar-refractivity contribution in [3.05, 3.63) is 34.3 Å². The maximum Gasteiger partial charge on any atom is 0.217 e. The number of rotatable bonds is 3. The van der Waals surface area contributed by atoms with Gasteiger partial charge in [0.1, 0.15) is 0 Å². The number of carbonyl (C=O) groups excluding carboxylic acids is 1. The molecule has 1 heterocycles. The van der Waals surface area contributed by atoms with Crippen LogP contribution >= 0.6 is 11.6 Å². The van der Waals surface area contributed by atoms with Crippen LogP contribution in [0.5, 0.6) is 0 Å². The van der Waals surface area contributed by atoms with E-state index in [1.165, 1.54) is 0 Å². The molecule has 1 aromatic carbocycles. The molecule has 1 aliphatic heterocycles. The van der Waals surface area contributed by atoms with Gasteiger partial charge in [0.25, 0.3) is 0 Å². The second-order valence-electron chi connectivity index (χ2n) is 6.25. The number of hydrogen-bond acceptors (Lipinski definition) is 2. The molecule has 1 aromatic rings. The fourth-order valence-electron chi connectivity index (χ4n) is 3.03. The lowest BCUT2D eigenvalue weighted by atomic mass is 9.88. The SMILES string of the molecule is CC(=O)N[C@H]1C[C@@H](c2c(C)cccc2Cl)O[C@@H](C(C)C)C1. The molecule has 3 nitrogen and oxygen atoms in total. The summed E-state index contributed by atoms with van der Waals surface area (Å²) in [5.74, 6) is 0.422. The van der Waals surface area contributed by atoms with Crippen molar-refractivity contribution in [1.82, 2.24) is 5.32 Å². The Labute approximate surface area is 132 Å². The summed E-state index contributed by atoms with van der Waals surface area (Å²) in [5, 5.41) is 3.78. The van der Waals surface area contributed by atoms with Crippen molar-refractivity contribution in [3.8, 4) is 0 Å². The molecule has 1 N–H and O–H groups in total. The Morgan fingerprint density at radius 3 is 2.67 bits per heavy atom. The summed E-state index contributed by atoms with van der Waals surface area (Å²) in [6.07, 6.45) is 1.71. The van der Waals surface area contributed by atoms with Gasteiger partial charge >= 0.3 is 0 Å². The summed E-state index contributed by atoms with van der Waals surface area (Å²) in [7, 11) is 0. The van der Waals surface area contributed by atoms with Crippen LogP contribution < -0.4 is 5.32 Å². The Hall–Kier alpha value is -1.06. The first-order chi connectivity index (χ1) is 9.88. The average Bonchev–Trinajstić information content (AvgIpc) is 2.37. The number of aryl methyl sites for hydroxylation is 1. The fourth-order valence-corrected chi connectivity index (χ4v) is 3.37. The first-order valence-electron chi connectivity index (χ1n) is 7.56. The van der Waals surface area contributed by atoms with Crippen LogP contribution in [-0.2, 0) is 9.53 Å². The van der Waals surface area contributed by atoms with Gasteiger partial charge in [-0.3, -0.25) is 4.79 Å². The predicted octanol–water partition coefficient (Wildman–Crippen LogP) is 4.03. The van der Waals surface area contributed by atoms with Crippen LogP contribution in [0.2, 0.25) is 5.02 Å². The van der Waals surface area contributed by atoms with Crippen molar-refractivity contribution in [2.24, 2.45) is 5.92 Å². The van der Waals surface area contributed by atoms with E-state index in [9.17, 15) is 4.79 Å². The minimum Gasteiger partial charge on any atom is -0.370 e. The van der Waals surface area contributed by atoms with E-state index in [-0.39, 0.29) is 24.2 Å². The fraction of sp³-hybridized carbons (Fsp3) is 0.588. The normalized spacial score (nSPS) is 25.9. The number of benzene rings is 1. The first-order valence-corrected chi connectivity index (χ1v) is 7.93. The summed E-state index contributed by atoms with van der Waals surface area (Å²) < 4.78 is 6.27. The summed E-state index contributed by atoms with van der Waals surface area (Å²) in [6, 6.07) is 6.05. The zero-order valence-corrected chi connectivity index (χ0v) is 13.9. The summed E-state index contributed by atoms with van der Waals surface area (Å²) >= 11 is 6.38. The van der Waals surface area contributed by atoms with E-state index in [0.29, 0.717) is 5.92 Å². The zero-order chi connectivity index (χ0) is 15.6. The second-order valence-corrected chi connectivity index (χ2v) is 6.65. The molecule has 2 rings (SSSR count). The van der Waals surface area contributed by atoms with Gasteiger partial charge in [0.2, 0.25) is 5.91 Å².